The number of nitrogens with one attached hydrogen (secondary N) is 1. The Morgan fingerprint density at radius 2 is 0.741 bits per heavy atom. The summed E-state index contributed by atoms with van der Waals surface area (Å²) in [6.45, 7) is 2.92. The normalized spacial score (nSPS) is 23.5. The minimum atomic E-state index is -1.78. The van der Waals surface area contributed by atoms with E-state index in [4.69, 9.17) is 18.9 Å². The number of hydrogen-bond acceptors (Lipinski definition) is 13. The van der Waals surface area contributed by atoms with Crippen LogP contribution in [-0.2, 0) is 23.7 Å². The zero-order valence-electron chi connectivity index (χ0n) is 54.9. The molecule has 2 aliphatic rings. The summed E-state index contributed by atoms with van der Waals surface area (Å²) in [4.78, 5) is 13.4. The number of allylic oxidation sites excluding steroid dienone is 2. The van der Waals surface area contributed by atoms with E-state index in [2.05, 4.69) is 31.3 Å². The van der Waals surface area contributed by atoms with E-state index >= 15 is 0 Å². The Kier molecular flexibility index (Phi) is 53.2. The van der Waals surface area contributed by atoms with Crippen molar-refractivity contribution in [2.45, 2.75) is 415 Å². The van der Waals surface area contributed by atoms with Crippen molar-refractivity contribution in [2.24, 2.45) is 0 Å². The van der Waals surface area contributed by atoms with Gasteiger partial charge in [-0.05, 0) is 38.5 Å². The third-order valence-corrected chi connectivity index (χ3v) is 18.2. The van der Waals surface area contributed by atoms with Gasteiger partial charge in [0.05, 0.1) is 32.0 Å². The summed E-state index contributed by atoms with van der Waals surface area (Å²) in [5.74, 6) is -0.201. The lowest BCUT2D eigenvalue weighted by atomic mass is 9.97. The number of ether oxygens (including phenoxy) is 4. The Hall–Kier alpha value is -1.27. The summed E-state index contributed by atoms with van der Waals surface area (Å²) in [5, 5.41) is 87.7. The number of carbonyl (C=O) groups excluding carboxylic acids is 1. The van der Waals surface area contributed by atoms with Crippen molar-refractivity contribution in [3.05, 3.63) is 12.2 Å². The van der Waals surface area contributed by atoms with Crippen LogP contribution in [0, 0.1) is 0 Å². The molecule has 0 aromatic carbocycles. The molecular formula is C71H137NO13. The lowest BCUT2D eigenvalue weighted by Gasteiger charge is -2.46. The molecule has 504 valence electrons. The molecule has 2 heterocycles. The molecule has 2 fully saturated rings. The number of unbranched alkanes of at least 4 members (excludes halogenated alkanes) is 46. The van der Waals surface area contributed by atoms with Crippen LogP contribution in [0.1, 0.15) is 341 Å². The van der Waals surface area contributed by atoms with Crippen LogP contribution in [-0.4, -0.2) is 140 Å². The second kappa shape index (κ2) is 56.7. The van der Waals surface area contributed by atoms with Gasteiger partial charge in [0.1, 0.15) is 48.8 Å². The van der Waals surface area contributed by atoms with Crippen LogP contribution in [0.2, 0.25) is 0 Å². The summed E-state index contributed by atoms with van der Waals surface area (Å²) in [6.07, 6.45) is 52.3. The number of aliphatic hydroxyl groups excluding tert-OH is 8. The zero-order valence-corrected chi connectivity index (χ0v) is 54.9. The minimum absolute atomic E-state index is 0.201. The van der Waals surface area contributed by atoms with Gasteiger partial charge in [0.15, 0.2) is 12.6 Å². The molecular weight excluding hydrogens is 1070 g/mol. The van der Waals surface area contributed by atoms with Gasteiger partial charge in [-0.15, -0.1) is 0 Å². The summed E-state index contributed by atoms with van der Waals surface area (Å²) in [6, 6.07) is -0.828. The molecule has 9 N–H and O–H groups in total. The van der Waals surface area contributed by atoms with Gasteiger partial charge in [-0.2, -0.15) is 0 Å². The Morgan fingerprint density at radius 3 is 1.12 bits per heavy atom. The topological polar surface area (TPSA) is 228 Å². The Bertz CT molecular complexity index is 1470. The van der Waals surface area contributed by atoms with Crippen LogP contribution >= 0.6 is 0 Å². The van der Waals surface area contributed by atoms with E-state index in [1.165, 1.54) is 263 Å². The standard InChI is InChI=1S/C71H137NO13/c1-3-5-7-9-11-13-15-17-19-21-23-25-27-28-29-30-31-33-34-36-38-40-42-44-46-48-50-52-54-60(75)59(58-82-70-68(81)66(79)69(62(57-74)84-70)85-71-67(80)65(78)64(77)61(56-73)83-71)72-63(76)55-53-51-49-47-45-43-41-39-37-35-32-26-24-22-20-18-16-14-12-10-8-6-4-2/h22,24,59-62,64-71,73-75,77-81H,3-21,23,25-58H2,1-2H3,(H,72,76)/b24-22-. The van der Waals surface area contributed by atoms with Gasteiger partial charge in [0, 0.05) is 6.42 Å². The average Bonchev–Trinajstić information content (AvgIpc) is 3.68. The van der Waals surface area contributed by atoms with E-state index < -0.39 is 86.8 Å². The van der Waals surface area contributed by atoms with Crippen LogP contribution < -0.4 is 5.32 Å². The monoisotopic (exact) mass is 1210 g/mol. The van der Waals surface area contributed by atoms with Crippen molar-refractivity contribution in [3.63, 3.8) is 0 Å². The molecule has 14 nitrogen and oxygen atoms in total. The van der Waals surface area contributed by atoms with Gasteiger partial charge < -0.3 is 65.1 Å². The van der Waals surface area contributed by atoms with Crippen molar-refractivity contribution in [2.75, 3.05) is 19.8 Å². The molecule has 2 aliphatic heterocycles. The predicted octanol–water partition coefficient (Wildman–Crippen LogP) is 15.0. The maximum Gasteiger partial charge on any atom is 0.220 e. The Labute approximate surface area is 520 Å². The van der Waals surface area contributed by atoms with Crippen molar-refractivity contribution in [1.29, 1.82) is 0 Å². The van der Waals surface area contributed by atoms with E-state index in [0.717, 1.165) is 51.4 Å². The molecule has 0 bridgehead atoms. The van der Waals surface area contributed by atoms with E-state index in [0.29, 0.717) is 12.8 Å². The lowest BCUT2D eigenvalue weighted by Crippen LogP contribution is -2.65. The Balaban J connectivity index is 1.65. The van der Waals surface area contributed by atoms with Crippen LogP contribution in [0.4, 0.5) is 0 Å². The highest BCUT2D eigenvalue weighted by atomic mass is 16.7. The first kappa shape index (κ1) is 79.8. The fourth-order valence-corrected chi connectivity index (χ4v) is 12.4. The second-order valence-corrected chi connectivity index (χ2v) is 26.1. The van der Waals surface area contributed by atoms with Crippen LogP contribution in [0.15, 0.2) is 12.2 Å². The van der Waals surface area contributed by atoms with Gasteiger partial charge in [-0.25, -0.2) is 0 Å². The molecule has 0 aromatic heterocycles. The van der Waals surface area contributed by atoms with Gasteiger partial charge in [0.2, 0.25) is 5.91 Å². The molecule has 0 aromatic rings. The summed E-state index contributed by atoms with van der Waals surface area (Å²) >= 11 is 0. The number of aliphatic hydroxyl groups is 8. The van der Waals surface area contributed by atoms with Gasteiger partial charge in [-0.3, -0.25) is 4.79 Å². The van der Waals surface area contributed by atoms with Crippen LogP contribution in [0.25, 0.3) is 0 Å². The highest BCUT2D eigenvalue weighted by Gasteiger charge is 2.51. The van der Waals surface area contributed by atoms with Gasteiger partial charge in [-0.1, -0.05) is 309 Å². The maximum absolute atomic E-state index is 13.4. The lowest BCUT2D eigenvalue weighted by molar-refractivity contribution is -0.359. The molecule has 85 heavy (non-hydrogen) atoms. The van der Waals surface area contributed by atoms with Crippen molar-refractivity contribution in [1.82, 2.24) is 5.32 Å². The molecule has 2 saturated heterocycles. The fourth-order valence-electron chi connectivity index (χ4n) is 12.4. The van der Waals surface area contributed by atoms with Crippen molar-refractivity contribution < 1.29 is 64.6 Å². The molecule has 12 atom stereocenters. The first-order valence-corrected chi connectivity index (χ1v) is 36.4. The number of hydrogen-bond donors (Lipinski definition) is 9. The molecule has 0 saturated carbocycles. The predicted molar refractivity (Wildman–Crippen MR) is 346 cm³/mol. The highest BCUT2D eigenvalue weighted by Crippen LogP contribution is 2.30. The SMILES string of the molecule is CCCCCCCCCC/C=C\CCCCCCCCCCCCCC(=O)NC(COC1OC(CO)C(OC2OC(CO)C(O)C(O)C2O)C(O)C1O)C(O)CCCCCCCCCCCCCCCCCCCCCCCCCCCCCC. The molecule has 14 heteroatoms. The Morgan fingerprint density at radius 1 is 0.412 bits per heavy atom. The first-order valence-electron chi connectivity index (χ1n) is 36.4. The van der Waals surface area contributed by atoms with E-state index in [9.17, 15) is 45.6 Å². The number of rotatable bonds is 61. The van der Waals surface area contributed by atoms with Crippen molar-refractivity contribution in [3.8, 4) is 0 Å². The third-order valence-electron chi connectivity index (χ3n) is 18.2. The summed E-state index contributed by atoms with van der Waals surface area (Å²) < 4.78 is 22.9. The first-order chi connectivity index (χ1) is 41.6. The molecule has 0 spiro atoms. The van der Waals surface area contributed by atoms with E-state index in [1.807, 2.05) is 0 Å². The largest absolute Gasteiger partial charge is 0.394 e. The molecule has 12 unspecified atom stereocenters. The fraction of sp³-hybridized carbons (Fsp3) is 0.958. The number of amides is 1. The summed E-state index contributed by atoms with van der Waals surface area (Å²) in [7, 11) is 0. The van der Waals surface area contributed by atoms with E-state index in [-0.39, 0.29) is 12.5 Å². The molecule has 1 amide bonds. The van der Waals surface area contributed by atoms with Crippen LogP contribution in [0.5, 0.6) is 0 Å². The van der Waals surface area contributed by atoms with Crippen LogP contribution in [0.3, 0.4) is 0 Å². The zero-order chi connectivity index (χ0) is 61.6. The third kappa shape index (κ3) is 41.0. The van der Waals surface area contributed by atoms with E-state index in [1.54, 1.807) is 0 Å². The quantitative estimate of drug-likeness (QED) is 0.0204. The average molecular weight is 1210 g/mol. The number of carbonyl (C=O) groups is 1. The highest BCUT2D eigenvalue weighted by molar-refractivity contribution is 5.76. The molecule has 0 radical (unpaired) electrons. The van der Waals surface area contributed by atoms with Gasteiger partial charge >= 0.3 is 0 Å². The smallest absolute Gasteiger partial charge is 0.220 e. The minimum Gasteiger partial charge on any atom is -0.394 e. The van der Waals surface area contributed by atoms with Gasteiger partial charge in [0.25, 0.3) is 0 Å². The second-order valence-electron chi connectivity index (χ2n) is 26.1. The molecule has 0 aliphatic carbocycles. The maximum atomic E-state index is 13.4. The molecule has 2 rings (SSSR count). The van der Waals surface area contributed by atoms with Crippen molar-refractivity contribution >= 4 is 5.91 Å². The summed E-state index contributed by atoms with van der Waals surface area (Å²) in [5.41, 5.74) is 0.